The van der Waals surface area contributed by atoms with Crippen LogP contribution in [-0.2, 0) is 9.47 Å². The van der Waals surface area contributed by atoms with Crippen LogP contribution in [0.3, 0.4) is 0 Å². The molecule has 0 saturated carbocycles. The van der Waals surface area contributed by atoms with E-state index in [0.717, 1.165) is 19.3 Å². The van der Waals surface area contributed by atoms with E-state index < -0.39 is 37.3 Å². The Morgan fingerprint density at radius 1 is 0.700 bits per heavy atom. The number of unbranched alkanes of at least 4 members (excludes halogenated alkanes) is 12. The highest BCUT2D eigenvalue weighted by molar-refractivity contribution is 4.88. The van der Waals surface area contributed by atoms with E-state index in [2.05, 4.69) is 19.1 Å². The predicted molar refractivity (Wildman–Crippen MR) is 119 cm³/mol. The van der Waals surface area contributed by atoms with Gasteiger partial charge in [0, 0.05) is 6.61 Å². The van der Waals surface area contributed by atoms with Crippen LogP contribution in [0.2, 0.25) is 0 Å². The Kier molecular flexibility index (Phi) is 16.6. The van der Waals surface area contributed by atoms with Crippen LogP contribution in [0, 0.1) is 0 Å². The van der Waals surface area contributed by atoms with Crippen molar-refractivity contribution in [2.24, 2.45) is 0 Å². The summed E-state index contributed by atoms with van der Waals surface area (Å²) < 4.78 is 10.8. The summed E-state index contributed by atoms with van der Waals surface area (Å²) in [7, 11) is 0. The van der Waals surface area contributed by atoms with Crippen LogP contribution < -0.4 is 0 Å². The normalized spacial score (nSPS) is 27.2. The molecule has 5 atom stereocenters. The highest BCUT2D eigenvalue weighted by atomic mass is 16.7. The Balaban J connectivity index is 1.90. The second-order valence-electron chi connectivity index (χ2n) is 8.51. The number of hydrogen-bond donors (Lipinski definition) is 4. The molecule has 1 saturated heterocycles. The summed E-state index contributed by atoms with van der Waals surface area (Å²) in [5.41, 5.74) is 0. The molecule has 0 aromatic carbocycles. The number of aliphatic hydroxyl groups excluding tert-OH is 4. The summed E-state index contributed by atoms with van der Waals surface area (Å²) in [5.74, 6) is 0. The fourth-order valence-electron chi connectivity index (χ4n) is 3.75. The maximum atomic E-state index is 9.91. The Morgan fingerprint density at radius 3 is 1.80 bits per heavy atom. The molecule has 1 rings (SSSR count). The lowest BCUT2D eigenvalue weighted by atomic mass is 9.99. The number of hydrogen-bond acceptors (Lipinski definition) is 6. The van der Waals surface area contributed by atoms with Crippen LogP contribution >= 0.6 is 0 Å². The Labute approximate surface area is 183 Å². The first-order valence-electron chi connectivity index (χ1n) is 12.2. The van der Waals surface area contributed by atoms with Gasteiger partial charge in [-0.25, -0.2) is 0 Å². The first kappa shape index (κ1) is 27.5. The topological polar surface area (TPSA) is 99.4 Å². The van der Waals surface area contributed by atoms with E-state index in [0.29, 0.717) is 6.61 Å². The van der Waals surface area contributed by atoms with Gasteiger partial charge in [-0.1, -0.05) is 76.9 Å². The van der Waals surface area contributed by atoms with Gasteiger partial charge in [0.05, 0.1) is 6.61 Å². The number of ether oxygens (including phenoxy) is 2. The molecule has 0 bridgehead atoms. The van der Waals surface area contributed by atoms with Gasteiger partial charge in [0.25, 0.3) is 0 Å². The Hall–Kier alpha value is -0.500. The second-order valence-corrected chi connectivity index (χ2v) is 8.51. The molecule has 1 fully saturated rings. The van der Waals surface area contributed by atoms with Crippen molar-refractivity contribution >= 4 is 0 Å². The van der Waals surface area contributed by atoms with E-state index >= 15 is 0 Å². The van der Waals surface area contributed by atoms with E-state index in [1.165, 1.54) is 70.6 Å². The zero-order chi connectivity index (χ0) is 22.0. The molecule has 0 aromatic rings. The molecule has 178 valence electrons. The fraction of sp³-hybridized carbons (Fsp3) is 0.917. The van der Waals surface area contributed by atoms with E-state index in [9.17, 15) is 15.3 Å². The number of allylic oxidation sites excluding steroid dienone is 2. The van der Waals surface area contributed by atoms with Crippen LogP contribution in [0.25, 0.3) is 0 Å². The Bertz CT molecular complexity index is 415. The zero-order valence-corrected chi connectivity index (χ0v) is 19.0. The zero-order valence-electron chi connectivity index (χ0n) is 19.0. The molecule has 4 N–H and O–H groups in total. The van der Waals surface area contributed by atoms with Gasteiger partial charge in [-0.15, -0.1) is 0 Å². The van der Waals surface area contributed by atoms with Gasteiger partial charge in [0.2, 0.25) is 0 Å². The molecule has 0 amide bonds. The first-order chi connectivity index (χ1) is 14.6. The molecule has 30 heavy (non-hydrogen) atoms. The van der Waals surface area contributed by atoms with Crippen LogP contribution in [0.15, 0.2) is 12.2 Å². The molecule has 0 radical (unpaired) electrons. The molecule has 1 heterocycles. The fourth-order valence-corrected chi connectivity index (χ4v) is 3.75. The van der Waals surface area contributed by atoms with Crippen LogP contribution in [0.5, 0.6) is 0 Å². The largest absolute Gasteiger partial charge is 0.394 e. The molecule has 0 spiro atoms. The van der Waals surface area contributed by atoms with Gasteiger partial charge >= 0.3 is 0 Å². The van der Waals surface area contributed by atoms with Crippen molar-refractivity contribution in [3.8, 4) is 0 Å². The highest BCUT2D eigenvalue weighted by Gasteiger charge is 2.43. The summed E-state index contributed by atoms with van der Waals surface area (Å²) in [6.07, 6.45) is 16.0. The lowest BCUT2D eigenvalue weighted by Crippen LogP contribution is -2.59. The van der Waals surface area contributed by atoms with E-state index in [-0.39, 0.29) is 0 Å². The summed E-state index contributed by atoms with van der Waals surface area (Å²) >= 11 is 0. The van der Waals surface area contributed by atoms with Gasteiger partial charge in [-0.3, -0.25) is 0 Å². The number of rotatable bonds is 18. The smallest absolute Gasteiger partial charge is 0.186 e. The third-order valence-electron chi connectivity index (χ3n) is 5.79. The summed E-state index contributed by atoms with van der Waals surface area (Å²) in [4.78, 5) is 0. The molecule has 6 heteroatoms. The van der Waals surface area contributed by atoms with Crippen LogP contribution in [-0.4, -0.2) is 64.3 Å². The standard InChI is InChI=1S/C24H46O6/c1-2-3-4-5-6-7-8-9-10-11-12-13-14-15-16-17-18-29-24-23(28)22(27)21(26)20(19-25)30-24/h9-10,20-28H,2-8,11-19H2,1H3/b10-9-/t20-,21-,22+,23-,24?/m1/s1. The van der Waals surface area contributed by atoms with Crippen molar-refractivity contribution in [1.29, 1.82) is 0 Å². The van der Waals surface area contributed by atoms with Crippen molar-refractivity contribution < 1.29 is 29.9 Å². The SMILES string of the molecule is CCCCCCCC/C=C\CCCCCCCCOC1O[C@H](CO)[C@@H](O)[C@H](O)[C@H]1O. The minimum absolute atomic E-state index is 0.421. The molecule has 1 aliphatic rings. The molecule has 6 nitrogen and oxygen atoms in total. The van der Waals surface area contributed by atoms with Crippen molar-refractivity contribution in [3.05, 3.63) is 12.2 Å². The highest BCUT2D eigenvalue weighted by Crippen LogP contribution is 2.22. The van der Waals surface area contributed by atoms with E-state index in [4.69, 9.17) is 14.6 Å². The van der Waals surface area contributed by atoms with Crippen molar-refractivity contribution in [2.75, 3.05) is 13.2 Å². The maximum Gasteiger partial charge on any atom is 0.186 e. The third kappa shape index (κ3) is 11.8. The summed E-state index contributed by atoms with van der Waals surface area (Å²) in [6, 6.07) is 0. The van der Waals surface area contributed by atoms with Gasteiger partial charge < -0.3 is 29.9 Å². The number of aliphatic hydroxyl groups is 4. The quantitative estimate of drug-likeness (QED) is 0.195. The Morgan fingerprint density at radius 2 is 1.23 bits per heavy atom. The maximum absolute atomic E-state index is 9.91. The molecular weight excluding hydrogens is 384 g/mol. The van der Waals surface area contributed by atoms with Gasteiger partial charge in [-0.05, 0) is 32.1 Å². The first-order valence-corrected chi connectivity index (χ1v) is 12.2. The average molecular weight is 431 g/mol. The average Bonchev–Trinajstić information content (AvgIpc) is 2.75. The lowest BCUT2D eigenvalue weighted by molar-refractivity contribution is -0.301. The third-order valence-corrected chi connectivity index (χ3v) is 5.79. The van der Waals surface area contributed by atoms with Crippen LogP contribution in [0.1, 0.15) is 96.8 Å². The summed E-state index contributed by atoms with van der Waals surface area (Å²) in [6.45, 7) is 2.24. The van der Waals surface area contributed by atoms with Gasteiger partial charge in [-0.2, -0.15) is 0 Å². The minimum Gasteiger partial charge on any atom is -0.394 e. The van der Waals surface area contributed by atoms with E-state index in [1.54, 1.807) is 0 Å². The van der Waals surface area contributed by atoms with Crippen LogP contribution in [0.4, 0.5) is 0 Å². The summed E-state index contributed by atoms with van der Waals surface area (Å²) in [5, 5.41) is 38.6. The molecule has 1 unspecified atom stereocenters. The minimum atomic E-state index is -1.37. The van der Waals surface area contributed by atoms with E-state index in [1.807, 2.05) is 0 Å². The molecule has 1 aliphatic heterocycles. The van der Waals surface area contributed by atoms with Crippen molar-refractivity contribution in [2.45, 2.75) is 128 Å². The monoisotopic (exact) mass is 430 g/mol. The van der Waals surface area contributed by atoms with Crippen molar-refractivity contribution in [1.82, 2.24) is 0 Å². The molecule has 0 aromatic heterocycles. The van der Waals surface area contributed by atoms with Gasteiger partial charge in [0.1, 0.15) is 24.4 Å². The lowest BCUT2D eigenvalue weighted by Gasteiger charge is -2.39. The molecular formula is C24H46O6. The molecule has 0 aliphatic carbocycles. The van der Waals surface area contributed by atoms with Crippen molar-refractivity contribution in [3.63, 3.8) is 0 Å². The predicted octanol–water partition coefficient (Wildman–Crippen LogP) is 3.84. The second kappa shape index (κ2) is 18.1. The van der Waals surface area contributed by atoms with Gasteiger partial charge in [0.15, 0.2) is 6.29 Å².